The molecule has 0 fully saturated rings. The van der Waals surface area contributed by atoms with Gasteiger partial charge in [0.2, 0.25) is 0 Å². The molecule has 0 unspecified atom stereocenters. The molecule has 1 rings (SSSR count). The van der Waals surface area contributed by atoms with Gasteiger partial charge in [-0.05, 0) is 6.07 Å². The third-order valence-electron chi connectivity index (χ3n) is 1.89. The van der Waals surface area contributed by atoms with E-state index in [0.29, 0.717) is 6.07 Å². The lowest BCUT2D eigenvalue weighted by atomic mass is 10.1. The van der Waals surface area contributed by atoms with Crippen molar-refractivity contribution in [3.05, 3.63) is 28.8 Å². The molecule has 1 aromatic carbocycles. The average molecular weight is 227 g/mol. The summed E-state index contributed by atoms with van der Waals surface area (Å²) in [5.41, 5.74) is -1.08. The Labute approximate surface area is 90.0 Å². The number of nitriles is 1. The Bertz CT molecular complexity index is 480. The fourth-order valence-corrected chi connectivity index (χ4v) is 1.18. The number of benzene rings is 1. The molecule has 0 bridgehead atoms. The maximum absolute atomic E-state index is 13.6. The van der Waals surface area contributed by atoms with E-state index in [-0.39, 0.29) is 0 Å². The van der Waals surface area contributed by atoms with E-state index in [1.165, 1.54) is 6.07 Å². The summed E-state index contributed by atoms with van der Waals surface area (Å²) in [5, 5.41) is 8.64. The van der Waals surface area contributed by atoms with Crippen molar-refractivity contribution in [3.63, 3.8) is 0 Å². The van der Waals surface area contributed by atoms with Gasteiger partial charge in [0.15, 0.2) is 17.4 Å². The fourth-order valence-electron chi connectivity index (χ4n) is 1.18. The Morgan fingerprint density at radius 2 is 2.06 bits per heavy atom. The first-order chi connectivity index (χ1) is 7.56. The SMILES string of the molecule is COC(=O)c1c(C#N)cc(F)c(OC)c1F. The Morgan fingerprint density at radius 3 is 2.50 bits per heavy atom. The predicted molar refractivity (Wildman–Crippen MR) is 49.0 cm³/mol. The van der Waals surface area contributed by atoms with Crippen LogP contribution in [0.5, 0.6) is 5.75 Å². The molecule has 0 N–H and O–H groups in total. The van der Waals surface area contributed by atoms with Gasteiger partial charge in [0.25, 0.3) is 0 Å². The summed E-state index contributed by atoms with van der Waals surface area (Å²) in [4.78, 5) is 11.2. The molecule has 0 aromatic heterocycles. The van der Waals surface area contributed by atoms with Crippen molar-refractivity contribution >= 4 is 5.97 Å². The minimum absolute atomic E-state index is 0.442. The number of hydrogen-bond donors (Lipinski definition) is 0. The van der Waals surface area contributed by atoms with Gasteiger partial charge >= 0.3 is 5.97 Å². The van der Waals surface area contributed by atoms with Gasteiger partial charge in [-0.15, -0.1) is 0 Å². The summed E-state index contributed by atoms with van der Waals surface area (Å²) >= 11 is 0. The fraction of sp³-hybridized carbons (Fsp3) is 0.200. The first kappa shape index (κ1) is 11.9. The Morgan fingerprint density at radius 1 is 1.44 bits per heavy atom. The number of carbonyl (C=O) groups is 1. The molecule has 84 valence electrons. The summed E-state index contributed by atoms with van der Waals surface area (Å²) < 4.78 is 35.5. The molecular weight excluding hydrogens is 220 g/mol. The minimum Gasteiger partial charge on any atom is -0.491 e. The molecule has 4 nitrogen and oxygen atoms in total. The first-order valence-electron chi connectivity index (χ1n) is 4.11. The summed E-state index contributed by atoms with van der Waals surface area (Å²) in [6.45, 7) is 0. The van der Waals surface area contributed by atoms with Crippen molar-refractivity contribution in [1.82, 2.24) is 0 Å². The third kappa shape index (κ3) is 1.80. The number of methoxy groups -OCH3 is 2. The van der Waals surface area contributed by atoms with Gasteiger partial charge in [0.05, 0.1) is 19.8 Å². The van der Waals surface area contributed by atoms with E-state index >= 15 is 0 Å². The highest BCUT2D eigenvalue weighted by molar-refractivity contribution is 5.93. The van der Waals surface area contributed by atoms with Crippen LogP contribution in [0.4, 0.5) is 8.78 Å². The molecule has 0 heterocycles. The quantitative estimate of drug-likeness (QED) is 0.720. The lowest BCUT2D eigenvalue weighted by Gasteiger charge is -2.08. The van der Waals surface area contributed by atoms with Crippen LogP contribution >= 0.6 is 0 Å². The third-order valence-corrected chi connectivity index (χ3v) is 1.89. The standard InChI is InChI=1S/C10H7F2NO3/c1-15-9-6(11)3-5(4-13)7(8(9)12)10(14)16-2/h3H,1-2H3. The van der Waals surface area contributed by atoms with Crippen molar-refractivity contribution in [2.75, 3.05) is 14.2 Å². The van der Waals surface area contributed by atoms with Crippen LogP contribution < -0.4 is 4.74 Å². The van der Waals surface area contributed by atoms with Crippen molar-refractivity contribution < 1.29 is 23.0 Å². The number of carbonyl (C=O) groups excluding carboxylic acids is 1. The van der Waals surface area contributed by atoms with Crippen LogP contribution in [-0.4, -0.2) is 20.2 Å². The van der Waals surface area contributed by atoms with Crippen LogP contribution in [-0.2, 0) is 4.74 Å². The zero-order chi connectivity index (χ0) is 12.3. The molecule has 6 heteroatoms. The van der Waals surface area contributed by atoms with Gasteiger partial charge in [-0.25, -0.2) is 13.6 Å². The molecule has 0 saturated heterocycles. The smallest absolute Gasteiger partial charge is 0.342 e. The maximum Gasteiger partial charge on any atom is 0.342 e. The van der Waals surface area contributed by atoms with Crippen molar-refractivity contribution in [3.8, 4) is 11.8 Å². The molecule has 0 aliphatic heterocycles. The van der Waals surface area contributed by atoms with E-state index in [1.54, 1.807) is 0 Å². The highest BCUT2D eigenvalue weighted by Gasteiger charge is 2.24. The minimum atomic E-state index is -1.24. The number of nitrogens with zero attached hydrogens (tertiary/aromatic N) is 1. The lowest BCUT2D eigenvalue weighted by molar-refractivity contribution is 0.0594. The zero-order valence-electron chi connectivity index (χ0n) is 8.51. The van der Waals surface area contributed by atoms with Crippen molar-refractivity contribution in [2.45, 2.75) is 0 Å². The molecule has 0 spiro atoms. The Balaban J connectivity index is 3.57. The second kappa shape index (κ2) is 4.57. The molecule has 16 heavy (non-hydrogen) atoms. The monoisotopic (exact) mass is 227 g/mol. The van der Waals surface area contributed by atoms with Gasteiger partial charge in [-0.1, -0.05) is 0 Å². The second-order valence-corrected chi connectivity index (χ2v) is 2.73. The van der Waals surface area contributed by atoms with E-state index < -0.39 is 34.5 Å². The maximum atomic E-state index is 13.6. The number of ether oxygens (including phenoxy) is 2. The lowest BCUT2D eigenvalue weighted by Crippen LogP contribution is -2.10. The second-order valence-electron chi connectivity index (χ2n) is 2.73. The summed E-state index contributed by atoms with van der Waals surface area (Å²) in [5.74, 6) is -4.08. The molecule has 0 aliphatic rings. The zero-order valence-corrected chi connectivity index (χ0v) is 8.51. The van der Waals surface area contributed by atoms with Crippen molar-refractivity contribution in [1.29, 1.82) is 5.26 Å². The van der Waals surface area contributed by atoms with Gasteiger partial charge in [0.1, 0.15) is 11.6 Å². The van der Waals surface area contributed by atoms with Crippen LogP contribution in [0.25, 0.3) is 0 Å². The van der Waals surface area contributed by atoms with Crippen molar-refractivity contribution in [2.24, 2.45) is 0 Å². The molecule has 1 aromatic rings. The molecule has 0 saturated carbocycles. The van der Waals surface area contributed by atoms with Gasteiger partial charge < -0.3 is 9.47 Å². The van der Waals surface area contributed by atoms with Crippen LogP contribution in [0.1, 0.15) is 15.9 Å². The normalized spacial score (nSPS) is 9.44. The number of esters is 1. The highest BCUT2D eigenvalue weighted by atomic mass is 19.1. The van der Waals surface area contributed by atoms with Crippen LogP contribution in [0.2, 0.25) is 0 Å². The largest absolute Gasteiger partial charge is 0.491 e. The topological polar surface area (TPSA) is 59.3 Å². The summed E-state index contributed by atoms with van der Waals surface area (Å²) in [6, 6.07) is 2.22. The Kier molecular flexibility index (Phi) is 3.40. The van der Waals surface area contributed by atoms with Gasteiger partial charge in [-0.2, -0.15) is 5.26 Å². The van der Waals surface area contributed by atoms with Gasteiger partial charge in [0, 0.05) is 0 Å². The highest BCUT2D eigenvalue weighted by Crippen LogP contribution is 2.27. The number of rotatable bonds is 2. The number of hydrogen-bond acceptors (Lipinski definition) is 4. The average Bonchev–Trinajstić information content (AvgIpc) is 2.27. The van der Waals surface area contributed by atoms with E-state index in [1.807, 2.05) is 0 Å². The predicted octanol–water partition coefficient (Wildman–Crippen LogP) is 1.63. The molecule has 0 radical (unpaired) electrons. The van der Waals surface area contributed by atoms with E-state index in [2.05, 4.69) is 9.47 Å². The van der Waals surface area contributed by atoms with Crippen LogP contribution in [0.3, 0.4) is 0 Å². The Hall–Kier alpha value is -2.16. The molecular formula is C10H7F2NO3. The van der Waals surface area contributed by atoms with E-state index in [4.69, 9.17) is 5.26 Å². The van der Waals surface area contributed by atoms with E-state index in [0.717, 1.165) is 14.2 Å². The van der Waals surface area contributed by atoms with Crippen LogP contribution in [0, 0.1) is 23.0 Å². The molecule has 0 amide bonds. The summed E-state index contributed by atoms with van der Waals surface area (Å²) in [7, 11) is 2.08. The van der Waals surface area contributed by atoms with Crippen LogP contribution in [0.15, 0.2) is 6.07 Å². The molecule has 0 aliphatic carbocycles. The molecule has 0 atom stereocenters. The van der Waals surface area contributed by atoms with E-state index in [9.17, 15) is 13.6 Å². The summed E-state index contributed by atoms with van der Waals surface area (Å²) in [6.07, 6.45) is 0. The van der Waals surface area contributed by atoms with Gasteiger partial charge in [-0.3, -0.25) is 0 Å². The number of halogens is 2. The first-order valence-corrected chi connectivity index (χ1v) is 4.11.